The number of benzene rings is 1. The molecule has 8 nitrogen and oxygen atoms in total. The van der Waals surface area contributed by atoms with Crippen LogP contribution in [0.2, 0.25) is 0 Å². The molecular weight excluding hydrogens is 462 g/mol. The summed E-state index contributed by atoms with van der Waals surface area (Å²) in [7, 11) is -1.80. The highest BCUT2D eigenvalue weighted by Crippen LogP contribution is 2.38. The molecule has 10 heteroatoms. The van der Waals surface area contributed by atoms with Crippen LogP contribution in [0.5, 0.6) is 0 Å². The molecule has 0 spiro atoms. The average Bonchev–Trinajstić information content (AvgIpc) is 3.16. The number of thiophene rings is 1. The molecule has 0 atom stereocenters. The van der Waals surface area contributed by atoms with Gasteiger partial charge >= 0.3 is 5.97 Å². The maximum Gasteiger partial charge on any atom is 0.341 e. The first-order valence-electron chi connectivity index (χ1n) is 11.1. The zero-order valence-electron chi connectivity index (χ0n) is 18.9. The lowest BCUT2D eigenvalue weighted by atomic mass is 9.95. The molecule has 0 bridgehead atoms. The highest BCUT2D eigenvalue weighted by atomic mass is 32.2. The van der Waals surface area contributed by atoms with Crippen LogP contribution in [0.1, 0.15) is 49.6 Å². The lowest BCUT2D eigenvalue weighted by Crippen LogP contribution is -2.47. The highest BCUT2D eigenvalue weighted by Gasteiger charge is 2.27. The summed E-state index contributed by atoms with van der Waals surface area (Å²) in [5.74, 6) is -0.672. The van der Waals surface area contributed by atoms with E-state index in [0.29, 0.717) is 48.9 Å². The van der Waals surface area contributed by atoms with Gasteiger partial charge in [-0.1, -0.05) is 12.1 Å². The van der Waals surface area contributed by atoms with Crippen LogP contribution in [0.4, 0.5) is 5.00 Å². The van der Waals surface area contributed by atoms with Gasteiger partial charge in [0, 0.05) is 43.2 Å². The van der Waals surface area contributed by atoms with Gasteiger partial charge in [-0.05, 0) is 48.9 Å². The molecule has 1 aromatic heterocycles. The van der Waals surface area contributed by atoms with E-state index in [9.17, 15) is 18.0 Å². The predicted molar refractivity (Wildman–Crippen MR) is 128 cm³/mol. The van der Waals surface area contributed by atoms with Crippen molar-refractivity contribution >= 4 is 38.2 Å². The third-order valence-corrected chi connectivity index (χ3v) is 8.69. The standard InChI is InChI=1S/C23H29N3O5S2/c1-31-23(28)20-18-8-3-4-9-19(18)32-22(20)24-21(27)17-7-5-6-16(14-17)15-25-10-12-26(13-11-25)33(2,29)30/h5-7,14H,3-4,8-13,15H2,1-2H3,(H,24,27). The molecule has 2 heterocycles. The smallest absolute Gasteiger partial charge is 0.341 e. The van der Waals surface area contributed by atoms with Crippen molar-refractivity contribution < 1.29 is 22.7 Å². The van der Waals surface area contributed by atoms with Crippen molar-refractivity contribution in [2.24, 2.45) is 0 Å². The number of sulfonamides is 1. The number of hydrogen-bond acceptors (Lipinski definition) is 7. The third-order valence-electron chi connectivity index (χ3n) is 6.18. The summed E-state index contributed by atoms with van der Waals surface area (Å²) < 4.78 is 29.9. The molecule has 0 saturated carbocycles. The minimum Gasteiger partial charge on any atom is -0.465 e. The quantitative estimate of drug-likeness (QED) is 0.625. The summed E-state index contributed by atoms with van der Waals surface area (Å²) >= 11 is 1.47. The number of carbonyl (C=O) groups excluding carboxylic acids is 2. The SMILES string of the molecule is COC(=O)c1c(NC(=O)c2cccc(CN3CCN(S(C)(=O)=O)CC3)c2)sc2c1CCCC2. The Labute approximate surface area is 198 Å². The largest absolute Gasteiger partial charge is 0.465 e. The zero-order valence-corrected chi connectivity index (χ0v) is 20.6. The normalized spacial score (nSPS) is 17.4. The molecule has 1 fully saturated rings. The molecule has 1 aliphatic carbocycles. The van der Waals surface area contributed by atoms with E-state index in [0.717, 1.165) is 41.7 Å². The minimum atomic E-state index is -3.16. The Bertz CT molecular complexity index is 1150. The van der Waals surface area contributed by atoms with E-state index in [1.807, 2.05) is 18.2 Å². The first-order chi connectivity index (χ1) is 15.8. The molecular formula is C23H29N3O5S2. The Kier molecular flexibility index (Phi) is 7.18. The Morgan fingerprint density at radius 2 is 1.85 bits per heavy atom. The van der Waals surface area contributed by atoms with Crippen LogP contribution in [0.3, 0.4) is 0 Å². The van der Waals surface area contributed by atoms with Gasteiger partial charge in [-0.15, -0.1) is 11.3 Å². The number of rotatable bonds is 6. The van der Waals surface area contributed by atoms with E-state index in [2.05, 4.69) is 10.2 Å². The summed E-state index contributed by atoms with van der Waals surface area (Å²) in [6.07, 6.45) is 5.10. The molecule has 1 saturated heterocycles. The van der Waals surface area contributed by atoms with Crippen molar-refractivity contribution in [1.29, 1.82) is 0 Å². The van der Waals surface area contributed by atoms with Crippen LogP contribution in [0.15, 0.2) is 24.3 Å². The number of fused-ring (bicyclic) bond motifs is 1. The van der Waals surface area contributed by atoms with E-state index in [1.54, 1.807) is 6.07 Å². The molecule has 178 valence electrons. The number of carbonyl (C=O) groups is 2. The van der Waals surface area contributed by atoms with Gasteiger partial charge in [-0.2, -0.15) is 4.31 Å². The lowest BCUT2D eigenvalue weighted by molar-refractivity contribution is 0.0601. The van der Waals surface area contributed by atoms with E-state index >= 15 is 0 Å². The molecule has 1 N–H and O–H groups in total. The molecule has 2 aromatic rings. The number of hydrogen-bond donors (Lipinski definition) is 1. The van der Waals surface area contributed by atoms with Gasteiger partial charge in [0.2, 0.25) is 10.0 Å². The number of amides is 1. The summed E-state index contributed by atoms with van der Waals surface area (Å²) in [4.78, 5) is 28.8. The molecule has 2 aliphatic rings. The number of ether oxygens (including phenoxy) is 1. The van der Waals surface area contributed by atoms with Gasteiger partial charge < -0.3 is 10.1 Å². The fourth-order valence-electron chi connectivity index (χ4n) is 4.44. The second kappa shape index (κ2) is 9.92. The van der Waals surface area contributed by atoms with Crippen LogP contribution in [0.25, 0.3) is 0 Å². The van der Waals surface area contributed by atoms with Gasteiger partial charge in [0.1, 0.15) is 5.00 Å². The fourth-order valence-corrected chi connectivity index (χ4v) is 6.53. The average molecular weight is 492 g/mol. The van der Waals surface area contributed by atoms with Crippen molar-refractivity contribution in [1.82, 2.24) is 9.21 Å². The molecule has 1 aromatic carbocycles. The monoisotopic (exact) mass is 491 g/mol. The summed E-state index contributed by atoms with van der Waals surface area (Å²) in [5, 5.41) is 3.50. The van der Waals surface area contributed by atoms with Crippen LogP contribution in [-0.4, -0.2) is 69.0 Å². The molecule has 0 unspecified atom stereocenters. The van der Waals surface area contributed by atoms with Gasteiger partial charge in [-0.25, -0.2) is 13.2 Å². The topological polar surface area (TPSA) is 96.0 Å². The number of nitrogens with zero attached hydrogens (tertiary/aromatic N) is 2. The van der Waals surface area contributed by atoms with E-state index in [-0.39, 0.29) is 5.91 Å². The maximum atomic E-state index is 13.0. The van der Waals surface area contributed by atoms with Crippen LogP contribution >= 0.6 is 11.3 Å². The summed E-state index contributed by atoms with van der Waals surface area (Å²) in [6.45, 7) is 2.87. The molecule has 1 amide bonds. The fraction of sp³-hybridized carbons (Fsp3) is 0.478. The van der Waals surface area contributed by atoms with Gasteiger partial charge in [-0.3, -0.25) is 9.69 Å². The second-order valence-electron chi connectivity index (χ2n) is 8.50. The van der Waals surface area contributed by atoms with Crippen molar-refractivity contribution in [3.05, 3.63) is 51.4 Å². The van der Waals surface area contributed by atoms with Crippen LogP contribution in [0, 0.1) is 0 Å². The number of methoxy groups -OCH3 is 1. The van der Waals surface area contributed by atoms with Gasteiger partial charge in [0.25, 0.3) is 5.91 Å². The highest BCUT2D eigenvalue weighted by molar-refractivity contribution is 7.88. The minimum absolute atomic E-state index is 0.262. The number of esters is 1. The van der Waals surface area contributed by atoms with Gasteiger partial charge in [0.15, 0.2) is 0 Å². The zero-order chi connectivity index (χ0) is 23.6. The van der Waals surface area contributed by atoms with E-state index < -0.39 is 16.0 Å². The van der Waals surface area contributed by atoms with Crippen molar-refractivity contribution in [3.63, 3.8) is 0 Å². The number of nitrogens with one attached hydrogen (secondary N) is 1. The number of piperazine rings is 1. The number of anilines is 1. The Hall–Kier alpha value is -2.27. The van der Waals surface area contributed by atoms with Gasteiger partial charge in [0.05, 0.1) is 18.9 Å². The van der Waals surface area contributed by atoms with Crippen molar-refractivity contribution in [2.75, 3.05) is 44.9 Å². The van der Waals surface area contributed by atoms with Crippen molar-refractivity contribution in [3.8, 4) is 0 Å². The second-order valence-corrected chi connectivity index (χ2v) is 11.6. The third kappa shape index (κ3) is 5.46. The van der Waals surface area contributed by atoms with E-state index in [4.69, 9.17) is 4.74 Å². The Morgan fingerprint density at radius 1 is 1.12 bits per heavy atom. The first-order valence-corrected chi connectivity index (χ1v) is 13.7. The first kappa shape index (κ1) is 23.9. The van der Waals surface area contributed by atoms with Crippen LogP contribution < -0.4 is 5.32 Å². The molecule has 4 rings (SSSR count). The Morgan fingerprint density at radius 3 is 2.55 bits per heavy atom. The summed E-state index contributed by atoms with van der Waals surface area (Å²) in [6, 6.07) is 7.41. The maximum absolute atomic E-state index is 13.0. The van der Waals surface area contributed by atoms with E-state index in [1.165, 1.54) is 29.0 Å². The predicted octanol–water partition coefficient (Wildman–Crippen LogP) is 2.74. The number of aryl methyl sites for hydroxylation is 1. The van der Waals surface area contributed by atoms with Crippen molar-refractivity contribution in [2.45, 2.75) is 32.2 Å². The molecule has 33 heavy (non-hydrogen) atoms. The van der Waals surface area contributed by atoms with Crippen LogP contribution in [-0.2, 0) is 34.1 Å². The Balaban J connectivity index is 1.46. The lowest BCUT2D eigenvalue weighted by Gasteiger charge is -2.33. The molecule has 1 aliphatic heterocycles. The molecule has 0 radical (unpaired) electrons. The summed E-state index contributed by atoms with van der Waals surface area (Å²) in [5.41, 5.74) is 3.00.